The number of carbonyl (C=O) groups excluding carboxylic acids is 1. The van der Waals surface area contributed by atoms with Crippen LogP contribution >= 0.6 is 0 Å². The van der Waals surface area contributed by atoms with Crippen molar-refractivity contribution in [1.82, 2.24) is 0 Å². The van der Waals surface area contributed by atoms with Gasteiger partial charge in [-0.3, -0.25) is 4.79 Å². The summed E-state index contributed by atoms with van der Waals surface area (Å²) >= 11 is 0. The van der Waals surface area contributed by atoms with Crippen molar-refractivity contribution in [2.24, 2.45) is 0 Å². The van der Waals surface area contributed by atoms with Gasteiger partial charge in [-0.15, -0.1) is 0 Å². The molecule has 3 heteroatoms. The van der Waals surface area contributed by atoms with Gasteiger partial charge in [-0.2, -0.15) is 0 Å². The van der Waals surface area contributed by atoms with E-state index in [1.807, 2.05) is 0 Å². The molecule has 0 N–H and O–H groups in total. The topological polar surface area (TPSA) is 35.5 Å². The predicted octanol–water partition coefficient (Wildman–Crippen LogP) is 16.1. The van der Waals surface area contributed by atoms with Gasteiger partial charge in [-0.25, -0.2) is 0 Å². The highest BCUT2D eigenvalue weighted by atomic mass is 16.5. The lowest BCUT2D eigenvalue weighted by molar-refractivity contribution is -0.109. The van der Waals surface area contributed by atoms with Crippen molar-refractivity contribution < 1.29 is 14.3 Å². The van der Waals surface area contributed by atoms with E-state index in [1.165, 1.54) is 44.5 Å². The summed E-state index contributed by atoms with van der Waals surface area (Å²) in [6.45, 7) is 53.7. The molecule has 0 saturated heterocycles. The smallest absolute Gasteiger partial charge is 0.279 e. The van der Waals surface area contributed by atoms with Gasteiger partial charge in [0.1, 0.15) is 0 Å². The minimum atomic E-state index is -1.33. The fraction of sp³-hybridized carbons (Fsp3) is 0.554. The standard InChI is InChI=1S/C65H90O3/c1-56(2,3)43-31-44(57(4,5)6)36-51(35-43)64(67-25,52-37-45(58(7,8)9)32-46(38-52)59(10,11)12)29-27-55(66)28-30-65(68-26,53-39-47(60(13,14)15)33-48(40-53)61(16,17)18)54-41-49(62(19,20)21)34-50(42-54)63(22,23)24/h31-42H,1-26H3. The van der Waals surface area contributed by atoms with Gasteiger partial charge in [-0.1, -0.05) is 239 Å². The summed E-state index contributed by atoms with van der Waals surface area (Å²) in [6.07, 6.45) is 0. The maximum atomic E-state index is 14.8. The number of ether oxygens (including phenoxy) is 2. The minimum absolute atomic E-state index is 0.175. The molecule has 0 unspecified atom stereocenters. The third-order valence-corrected chi connectivity index (χ3v) is 13.6. The van der Waals surface area contributed by atoms with E-state index in [0.29, 0.717) is 0 Å². The van der Waals surface area contributed by atoms with E-state index in [0.717, 1.165) is 22.3 Å². The zero-order valence-electron chi connectivity index (χ0n) is 47.7. The molecule has 4 aromatic carbocycles. The second-order valence-corrected chi connectivity index (χ2v) is 27.8. The maximum Gasteiger partial charge on any atom is 0.279 e. The second kappa shape index (κ2) is 18.7. The highest BCUT2D eigenvalue weighted by molar-refractivity contribution is 6.09. The number of ketones is 1. The average Bonchev–Trinajstić information content (AvgIpc) is 3.18. The Hall–Kier alpha value is -4.41. The number of hydrogen-bond donors (Lipinski definition) is 0. The molecule has 0 aliphatic rings. The molecule has 0 saturated carbocycles. The number of benzene rings is 4. The van der Waals surface area contributed by atoms with E-state index in [9.17, 15) is 4.79 Å². The van der Waals surface area contributed by atoms with Crippen molar-refractivity contribution in [2.75, 3.05) is 14.2 Å². The Bertz CT molecular complexity index is 2160. The van der Waals surface area contributed by atoms with Crippen LogP contribution in [0.15, 0.2) is 72.8 Å². The molecule has 68 heavy (non-hydrogen) atoms. The van der Waals surface area contributed by atoms with E-state index in [4.69, 9.17) is 9.47 Å². The Balaban J connectivity index is 2.24. The summed E-state index contributed by atoms with van der Waals surface area (Å²) in [5.74, 6) is 12.7. The molecule has 4 rings (SSSR count). The monoisotopic (exact) mass is 919 g/mol. The van der Waals surface area contributed by atoms with Crippen LogP contribution in [0.25, 0.3) is 0 Å². The zero-order chi connectivity index (χ0) is 52.2. The normalized spacial score (nSPS) is 13.7. The highest BCUT2D eigenvalue weighted by Gasteiger charge is 2.40. The second-order valence-electron chi connectivity index (χ2n) is 27.8. The Morgan fingerprint density at radius 2 is 0.412 bits per heavy atom. The average molecular weight is 919 g/mol. The SMILES string of the molecule is COC(C#CC(=O)C#CC(OC)(c1cc(C(C)(C)C)cc(C(C)(C)C)c1)c1cc(C(C)(C)C)cc(C(C)(C)C)c1)(c1cc(C(C)(C)C)cc(C(C)(C)C)c1)c1cc(C(C)(C)C)cc(C(C)(C)C)c1. The van der Waals surface area contributed by atoms with Crippen LogP contribution in [0.3, 0.4) is 0 Å². The lowest BCUT2D eigenvalue weighted by Crippen LogP contribution is -2.32. The van der Waals surface area contributed by atoms with Gasteiger partial charge in [0.25, 0.3) is 5.78 Å². The summed E-state index contributed by atoms with van der Waals surface area (Å²) in [7, 11) is 3.43. The van der Waals surface area contributed by atoms with E-state index in [2.05, 4.69) is 263 Å². The van der Waals surface area contributed by atoms with Gasteiger partial charge < -0.3 is 9.47 Å². The molecule has 0 radical (unpaired) electrons. The molecule has 0 spiro atoms. The van der Waals surface area contributed by atoms with Crippen LogP contribution in [0.2, 0.25) is 0 Å². The van der Waals surface area contributed by atoms with E-state index in [-0.39, 0.29) is 43.3 Å². The molecular weight excluding hydrogens is 829 g/mol. The summed E-state index contributed by atoms with van der Waals surface area (Å²) in [4.78, 5) is 14.8. The Morgan fingerprint density at radius 3 is 0.529 bits per heavy atom. The molecule has 0 aliphatic heterocycles. The lowest BCUT2D eigenvalue weighted by Gasteiger charge is -2.35. The minimum Gasteiger partial charge on any atom is -0.357 e. The summed E-state index contributed by atoms with van der Waals surface area (Å²) < 4.78 is 13.6. The third kappa shape index (κ3) is 12.7. The fourth-order valence-corrected chi connectivity index (χ4v) is 8.30. The van der Waals surface area contributed by atoms with Crippen LogP contribution < -0.4 is 0 Å². The van der Waals surface area contributed by atoms with E-state index in [1.54, 1.807) is 14.2 Å². The fourth-order valence-electron chi connectivity index (χ4n) is 8.30. The summed E-state index contributed by atoms with van der Waals surface area (Å²) in [6, 6.07) is 27.0. The zero-order valence-corrected chi connectivity index (χ0v) is 47.7. The van der Waals surface area contributed by atoms with Crippen LogP contribution in [0.5, 0.6) is 0 Å². The van der Waals surface area contributed by atoms with Gasteiger partial charge in [0, 0.05) is 36.5 Å². The van der Waals surface area contributed by atoms with Crippen molar-refractivity contribution in [3.05, 3.63) is 140 Å². The molecule has 0 fully saturated rings. The molecule has 0 bridgehead atoms. The van der Waals surface area contributed by atoms with Crippen LogP contribution in [0.4, 0.5) is 0 Å². The van der Waals surface area contributed by atoms with Gasteiger partial charge in [0.2, 0.25) is 0 Å². The first-order valence-electron chi connectivity index (χ1n) is 24.9. The van der Waals surface area contributed by atoms with Crippen molar-refractivity contribution >= 4 is 5.78 Å². The molecule has 0 atom stereocenters. The largest absolute Gasteiger partial charge is 0.357 e. The molecule has 3 nitrogen and oxygen atoms in total. The maximum absolute atomic E-state index is 14.8. The molecule has 4 aromatic rings. The first kappa shape index (κ1) is 56.2. The first-order chi connectivity index (χ1) is 30.5. The van der Waals surface area contributed by atoms with Crippen molar-refractivity contribution in [1.29, 1.82) is 0 Å². The highest BCUT2D eigenvalue weighted by Crippen LogP contribution is 2.44. The number of Topliss-reactive ketones (excluding diaryl/α,β-unsaturated/α-hetero) is 1. The summed E-state index contributed by atoms with van der Waals surface area (Å²) in [5, 5.41) is 0. The van der Waals surface area contributed by atoms with Crippen LogP contribution in [0, 0.1) is 23.7 Å². The third-order valence-electron chi connectivity index (χ3n) is 13.6. The van der Waals surface area contributed by atoms with Gasteiger partial charge >= 0.3 is 0 Å². The number of methoxy groups -OCH3 is 2. The summed E-state index contributed by atoms with van der Waals surface area (Å²) in [5.41, 5.74) is 8.80. The molecule has 0 aromatic heterocycles. The molecule has 0 aliphatic carbocycles. The van der Waals surface area contributed by atoms with E-state index < -0.39 is 17.0 Å². The van der Waals surface area contributed by atoms with Crippen molar-refractivity contribution in [2.45, 2.75) is 221 Å². The molecule has 0 amide bonds. The Labute approximate surface area is 416 Å². The number of hydrogen-bond acceptors (Lipinski definition) is 3. The lowest BCUT2D eigenvalue weighted by atomic mass is 9.73. The van der Waals surface area contributed by atoms with Crippen LogP contribution in [-0.4, -0.2) is 20.0 Å². The van der Waals surface area contributed by atoms with Crippen LogP contribution in [-0.2, 0) is 68.8 Å². The first-order valence-corrected chi connectivity index (χ1v) is 24.9. The van der Waals surface area contributed by atoms with Gasteiger partial charge in [0.05, 0.1) is 0 Å². The molecule has 0 heterocycles. The Morgan fingerprint density at radius 1 is 0.279 bits per heavy atom. The Kier molecular flexibility index (Phi) is 15.5. The molecular formula is C65H90O3. The number of rotatable bonds is 6. The number of carbonyl (C=O) groups is 1. The van der Waals surface area contributed by atoms with Crippen molar-refractivity contribution in [3.63, 3.8) is 0 Å². The molecule has 368 valence electrons. The van der Waals surface area contributed by atoms with Gasteiger partial charge in [-0.05, 0) is 112 Å². The predicted molar refractivity (Wildman–Crippen MR) is 292 cm³/mol. The quantitative estimate of drug-likeness (QED) is 0.143. The van der Waals surface area contributed by atoms with E-state index >= 15 is 0 Å². The van der Waals surface area contributed by atoms with Gasteiger partial charge in [0.15, 0.2) is 11.2 Å². The van der Waals surface area contributed by atoms with Crippen LogP contribution in [0.1, 0.15) is 233 Å². The van der Waals surface area contributed by atoms with Crippen molar-refractivity contribution in [3.8, 4) is 23.7 Å².